The highest BCUT2D eigenvalue weighted by molar-refractivity contribution is 6.33. The lowest BCUT2D eigenvalue weighted by Gasteiger charge is -2.24. The zero-order valence-electron chi connectivity index (χ0n) is 12.0. The second kappa shape index (κ2) is 6.82. The van der Waals surface area contributed by atoms with Crippen LogP contribution in [-0.4, -0.2) is 13.1 Å². The third-order valence-electron chi connectivity index (χ3n) is 3.46. The lowest BCUT2D eigenvalue weighted by atomic mass is 10.0. The summed E-state index contributed by atoms with van der Waals surface area (Å²) in [6.07, 6.45) is 5.23. The van der Waals surface area contributed by atoms with E-state index in [1.165, 1.54) is 5.56 Å². The average Bonchev–Trinajstić information content (AvgIpc) is 2.91. The van der Waals surface area contributed by atoms with Crippen LogP contribution in [0.3, 0.4) is 0 Å². The largest absolute Gasteiger partial charge is 0.472 e. The van der Waals surface area contributed by atoms with E-state index in [0.717, 1.165) is 35.7 Å². The second-order valence-electron chi connectivity index (χ2n) is 5.11. The standard InChI is InChI=1S/C16H21ClN2O/c1-3-14(18)9-13-5-4-6-15(17)16(13)19(2)10-12-7-8-20-11-12/h4-8,11,14H,3,9-10,18H2,1-2H3. The lowest BCUT2D eigenvalue weighted by Crippen LogP contribution is -2.24. The van der Waals surface area contributed by atoms with Crippen molar-refractivity contribution in [3.63, 3.8) is 0 Å². The number of para-hydroxylation sites is 1. The van der Waals surface area contributed by atoms with Crippen molar-refractivity contribution >= 4 is 17.3 Å². The Morgan fingerprint density at radius 1 is 1.35 bits per heavy atom. The van der Waals surface area contributed by atoms with Crippen LogP contribution in [-0.2, 0) is 13.0 Å². The highest BCUT2D eigenvalue weighted by Crippen LogP contribution is 2.31. The van der Waals surface area contributed by atoms with Gasteiger partial charge in [-0.05, 0) is 30.5 Å². The van der Waals surface area contributed by atoms with E-state index in [9.17, 15) is 0 Å². The Bertz CT molecular complexity index is 539. The maximum absolute atomic E-state index is 6.39. The number of anilines is 1. The zero-order valence-corrected chi connectivity index (χ0v) is 12.7. The molecule has 0 aliphatic rings. The Kier molecular flexibility index (Phi) is 5.10. The Hall–Kier alpha value is -1.45. The number of nitrogens with zero attached hydrogens (tertiary/aromatic N) is 1. The Morgan fingerprint density at radius 2 is 2.15 bits per heavy atom. The first-order chi connectivity index (χ1) is 9.61. The highest BCUT2D eigenvalue weighted by atomic mass is 35.5. The number of benzene rings is 1. The van der Waals surface area contributed by atoms with Crippen LogP contribution >= 0.6 is 11.6 Å². The monoisotopic (exact) mass is 292 g/mol. The molecule has 0 fully saturated rings. The summed E-state index contributed by atoms with van der Waals surface area (Å²) in [6.45, 7) is 2.86. The summed E-state index contributed by atoms with van der Waals surface area (Å²) in [5.74, 6) is 0. The molecule has 20 heavy (non-hydrogen) atoms. The fourth-order valence-corrected chi connectivity index (χ4v) is 2.65. The number of hydrogen-bond donors (Lipinski definition) is 1. The molecule has 0 aliphatic heterocycles. The molecule has 108 valence electrons. The van der Waals surface area contributed by atoms with Crippen LogP contribution in [0.25, 0.3) is 0 Å². The van der Waals surface area contributed by atoms with E-state index in [1.807, 2.05) is 25.2 Å². The number of rotatable bonds is 6. The van der Waals surface area contributed by atoms with Gasteiger partial charge < -0.3 is 15.1 Å². The molecule has 1 heterocycles. The van der Waals surface area contributed by atoms with E-state index >= 15 is 0 Å². The van der Waals surface area contributed by atoms with Gasteiger partial charge in [0.25, 0.3) is 0 Å². The van der Waals surface area contributed by atoms with Gasteiger partial charge in [-0.2, -0.15) is 0 Å². The molecule has 0 saturated carbocycles. The molecule has 0 amide bonds. The molecule has 2 N–H and O–H groups in total. The van der Waals surface area contributed by atoms with Gasteiger partial charge in [-0.3, -0.25) is 0 Å². The van der Waals surface area contributed by atoms with E-state index < -0.39 is 0 Å². The molecule has 0 aliphatic carbocycles. The highest BCUT2D eigenvalue weighted by Gasteiger charge is 2.14. The smallest absolute Gasteiger partial charge is 0.0952 e. The number of nitrogens with two attached hydrogens (primary N) is 1. The van der Waals surface area contributed by atoms with Crippen molar-refractivity contribution in [1.29, 1.82) is 0 Å². The molecule has 1 aromatic carbocycles. The van der Waals surface area contributed by atoms with Gasteiger partial charge in [0.05, 0.1) is 23.2 Å². The molecule has 0 radical (unpaired) electrons. The van der Waals surface area contributed by atoms with Crippen LogP contribution in [0, 0.1) is 0 Å². The summed E-state index contributed by atoms with van der Waals surface area (Å²) in [4.78, 5) is 2.14. The van der Waals surface area contributed by atoms with Gasteiger partial charge in [0.1, 0.15) is 0 Å². The van der Waals surface area contributed by atoms with Crippen LogP contribution in [0.4, 0.5) is 5.69 Å². The van der Waals surface area contributed by atoms with E-state index in [-0.39, 0.29) is 6.04 Å². The van der Waals surface area contributed by atoms with Gasteiger partial charge in [0, 0.05) is 25.2 Å². The quantitative estimate of drug-likeness (QED) is 0.879. The van der Waals surface area contributed by atoms with Crippen molar-refractivity contribution < 1.29 is 4.42 Å². The molecule has 0 saturated heterocycles. The fourth-order valence-electron chi connectivity index (χ4n) is 2.31. The molecule has 4 heteroatoms. The summed E-state index contributed by atoms with van der Waals surface area (Å²) in [7, 11) is 2.04. The van der Waals surface area contributed by atoms with Gasteiger partial charge >= 0.3 is 0 Å². The van der Waals surface area contributed by atoms with Gasteiger partial charge in [-0.15, -0.1) is 0 Å². The molecule has 0 spiro atoms. The normalized spacial score (nSPS) is 12.4. The molecular formula is C16H21ClN2O. The number of furan rings is 1. The summed E-state index contributed by atoms with van der Waals surface area (Å²) in [5, 5.41) is 0.761. The molecule has 0 bridgehead atoms. The first-order valence-corrected chi connectivity index (χ1v) is 7.24. The zero-order chi connectivity index (χ0) is 14.5. The third-order valence-corrected chi connectivity index (χ3v) is 3.76. The van der Waals surface area contributed by atoms with Crippen LogP contribution in [0.5, 0.6) is 0 Å². The van der Waals surface area contributed by atoms with Gasteiger partial charge in [0.2, 0.25) is 0 Å². The molecule has 1 atom stereocenters. The Morgan fingerprint density at radius 3 is 2.80 bits per heavy atom. The van der Waals surface area contributed by atoms with Crippen molar-refractivity contribution in [2.24, 2.45) is 5.73 Å². The van der Waals surface area contributed by atoms with Crippen molar-refractivity contribution in [3.05, 3.63) is 52.9 Å². The lowest BCUT2D eigenvalue weighted by molar-refractivity contribution is 0.563. The second-order valence-corrected chi connectivity index (χ2v) is 5.51. The molecule has 2 rings (SSSR count). The van der Waals surface area contributed by atoms with Gasteiger partial charge in [0.15, 0.2) is 0 Å². The summed E-state index contributed by atoms with van der Waals surface area (Å²) in [6, 6.07) is 8.13. The van der Waals surface area contributed by atoms with E-state index in [2.05, 4.69) is 17.9 Å². The first-order valence-electron chi connectivity index (χ1n) is 6.87. The molecule has 2 aromatic rings. The maximum Gasteiger partial charge on any atom is 0.0952 e. The molecule has 1 unspecified atom stereocenters. The van der Waals surface area contributed by atoms with Crippen LogP contribution < -0.4 is 10.6 Å². The molecule has 1 aromatic heterocycles. The summed E-state index contributed by atoms with van der Waals surface area (Å²) < 4.78 is 5.11. The fraction of sp³-hybridized carbons (Fsp3) is 0.375. The predicted molar refractivity (Wildman–Crippen MR) is 84.2 cm³/mol. The van der Waals surface area contributed by atoms with E-state index in [0.29, 0.717) is 0 Å². The van der Waals surface area contributed by atoms with Crippen LogP contribution in [0.1, 0.15) is 24.5 Å². The van der Waals surface area contributed by atoms with Crippen molar-refractivity contribution in [1.82, 2.24) is 0 Å². The summed E-state index contributed by atoms with van der Waals surface area (Å²) in [5.41, 5.74) is 9.45. The third kappa shape index (κ3) is 3.56. The number of halogens is 1. The molecule has 3 nitrogen and oxygen atoms in total. The van der Waals surface area contributed by atoms with E-state index in [1.54, 1.807) is 12.5 Å². The van der Waals surface area contributed by atoms with E-state index in [4.69, 9.17) is 21.8 Å². The van der Waals surface area contributed by atoms with Gasteiger partial charge in [-0.1, -0.05) is 30.7 Å². The van der Waals surface area contributed by atoms with Gasteiger partial charge in [-0.25, -0.2) is 0 Å². The average molecular weight is 293 g/mol. The van der Waals surface area contributed by atoms with Crippen LogP contribution in [0.2, 0.25) is 5.02 Å². The van der Waals surface area contributed by atoms with Crippen molar-refractivity contribution in [2.75, 3.05) is 11.9 Å². The SMILES string of the molecule is CCC(N)Cc1cccc(Cl)c1N(C)Cc1ccoc1. The Balaban J connectivity index is 2.24. The summed E-state index contributed by atoms with van der Waals surface area (Å²) >= 11 is 6.39. The minimum Gasteiger partial charge on any atom is -0.472 e. The minimum absolute atomic E-state index is 0.162. The first kappa shape index (κ1) is 14.9. The predicted octanol–water partition coefficient (Wildman–Crippen LogP) is 3.85. The molecular weight excluding hydrogens is 272 g/mol. The van der Waals surface area contributed by atoms with Crippen LogP contribution in [0.15, 0.2) is 41.2 Å². The maximum atomic E-state index is 6.39. The Labute approximate surface area is 125 Å². The number of hydrogen-bond acceptors (Lipinski definition) is 3. The minimum atomic E-state index is 0.162. The topological polar surface area (TPSA) is 42.4 Å². The van der Waals surface area contributed by atoms with Crippen molar-refractivity contribution in [2.45, 2.75) is 32.4 Å². The van der Waals surface area contributed by atoms with Crippen molar-refractivity contribution in [3.8, 4) is 0 Å².